The van der Waals surface area contributed by atoms with Crippen molar-refractivity contribution in [3.8, 4) is 6.01 Å². The van der Waals surface area contributed by atoms with Crippen LogP contribution in [0.2, 0.25) is 0 Å². The Kier molecular flexibility index (Phi) is 5.04. The van der Waals surface area contributed by atoms with Crippen LogP contribution in [0.1, 0.15) is 24.2 Å². The quantitative estimate of drug-likeness (QED) is 0.628. The fourth-order valence-electron chi connectivity index (χ4n) is 1.92. The average Bonchev–Trinajstić information content (AvgIpc) is 2.48. The lowest BCUT2D eigenvalue weighted by atomic mass is 10.1. The van der Waals surface area contributed by atoms with Crippen molar-refractivity contribution in [2.75, 3.05) is 14.1 Å². The number of hydrogen-bond donors (Lipinski definition) is 0. The molecule has 1 heterocycles. The van der Waals surface area contributed by atoms with Crippen LogP contribution in [0.5, 0.6) is 6.01 Å². The van der Waals surface area contributed by atoms with Crippen LogP contribution >= 0.6 is 0 Å². The van der Waals surface area contributed by atoms with Crippen molar-refractivity contribution in [3.63, 3.8) is 0 Å². The van der Waals surface area contributed by atoms with Gasteiger partial charge in [0.05, 0.1) is 12.5 Å². The first-order chi connectivity index (χ1) is 10.5. The highest BCUT2D eigenvalue weighted by Crippen LogP contribution is 2.23. The molecule has 0 bridgehead atoms. The molecule has 1 unspecified atom stereocenters. The molecule has 22 heavy (non-hydrogen) atoms. The third-order valence-electron chi connectivity index (χ3n) is 3.02. The zero-order valence-corrected chi connectivity index (χ0v) is 13.1. The molecule has 116 valence electrons. The third kappa shape index (κ3) is 4.00. The summed E-state index contributed by atoms with van der Waals surface area (Å²) in [5.74, 6) is -0.635. The summed E-state index contributed by atoms with van der Waals surface area (Å²) in [4.78, 5) is 13.5. The van der Waals surface area contributed by atoms with Gasteiger partial charge >= 0.3 is 6.01 Å². The van der Waals surface area contributed by atoms with E-state index in [1.54, 1.807) is 19.0 Å². The SMILES string of the molecule is Cc1ccccc1C(C)Oc1ncc(F)c(/N=C/N(C)C)n1. The molecule has 1 aromatic carbocycles. The Morgan fingerprint density at radius 2 is 2.05 bits per heavy atom. The number of hydrogen-bond acceptors (Lipinski definition) is 4. The van der Waals surface area contributed by atoms with Gasteiger partial charge in [0.25, 0.3) is 0 Å². The standard InChI is InChI=1S/C16H19FN4O/c1-11-7-5-6-8-13(11)12(2)22-16-18-9-14(17)15(20-16)19-10-21(3)4/h5-10,12H,1-4H3/b19-10+. The minimum atomic E-state index is -0.589. The first kappa shape index (κ1) is 15.9. The summed E-state index contributed by atoms with van der Waals surface area (Å²) in [6, 6.07) is 8.00. The second-order valence-electron chi connectivity index (χ2n) is 5.15. The predicted octanol–water partition coefficient (Wildman–Crippen LogP) is 3.29. The Morgan fingerprint density at radius 1 is 1.32 bits per heavy atom. The summed E-state index contributed by atoms with van der Waals surface area (Å²) in [6.07, 6.45) is 2.30. The van der Waals surface area contributed by atoms with Crippen LogP contribution < -0.4 is 4.74 Å². The van der Waals surface area contributed by atoms with Crippen molar-refractivity contribution in [1.82, 2.24) is 14.9 Å². The molecule has 2 rings (SSSR count). The molecule has 2 aromatic rings. The number of benzene rings is 1. The van der Waals surface area contributed by atoms with Crippen LogP contribution in [0.3, 0.4) is 0 Å². The lowest BCUT2D eigenvalue weighted by Crippen LogP contribution is -2.09. The van der Waals surface area contributed by atoms with E-state index in [1.807, 2.05) is 38.1 Å². The van der Waals surface area contributed by atoms with Gasteiger partial charge in [-0.15, -0.1) is 0 Å². The normalized spacial score (nSPS) is 12.4. The highest BCUT2D eigenvalue weighted by atomic mass is 19.1. The Labute approximate surface area is 129 Å². The summed E-state index contributed by atoms with van der Waals surface area (Å²) >= 11 is 0. The van der Waals surface area contributed by atoms with Crippen LogP contribution in [0.15, 0.2) is 35.5 Å². The van der Waals surface area contributed by atoms with E-state index in [0.717, 1.165) is 17.3 Å². The average molecular weight is 302 g/mol. The molecule has 5 nitrogen and oxygen atoms in total. The van der Waals surface area contributed by atoms with Crippen molar-refractivity contribution >= 4 is 12.2 Å². The van der Waals surface area contributed by atoms with Gasteiger partial charge in [-0.05, 0) is 25.0 Å². The molecule has 1 aromatic heterocycles. The van der Waals surface area contributed by atoms with E-state index in [1.165, 1.54) is 6.34 Å². The lowest BCUT2D eigenvalue weighted by molar-refractivity contribution is 0.206. The molecule has 1 atom stereocenters. The first-order valence-corrected chi connectivity index (χ1v) is 6.92. The van der Waals surface area contributed by atoms with Crippen LogP contribution in [-0.2, 0) is 0 Å². The Hall–Kier alpha value is -2.50. The Balaban J connectivity index is 2.20. The Morgan fingerprint density at radius 3 is 2.73 bits per heavy atom. The second kappa shape index (κ2) is 6.98. The summed E-state index contributed by atoms with van der Waals surface area (Å²) < 4.78 is 19.3. The van der Waals surface area contributed by atoms with E-state index >= 15 is 0 Å². The topological polar surface area (TPSA) is 50.6 Å². The minimum absolute atomic E-state index is 0.0457. The van der Waals surface area contributed by atoms with Gasteiger partial charge in [0.1, 0.15) is 6.10 Å². The van der Waals surface area contributed by atoms with E-state index in [2.05, 4.69) is 15.0 Å². The molecule has 0 saturated heterocycles. The van der Waals surface area contributed by atoms with Crippen LogP contribution in [-0.4, -0.2) is 35.3 Å². The maximum absolute atomic E-state index is 13.6. The van der Waals surface area contributed by atoms with Gasteiger partial charge in [-0.1, -0.05) is 24.3 Å². The number of aliphatic imine (C=N–C) groups is 1. The maximum atomic E-state index is 13.6. The van der Waals surface area contributed by atoms with Crippen molar-refractivity contribution < 1.29 is 9.13 Å². The molecule has 0 spiro atoms. The summed E-state index contributed by atoms with van der Waals surface area (Å²) in [5, 5.41) is 0. The summed E-state index contributed by atoms with van der Waals surface area (Å²) in [6.45, 7) is 3.91. The van der Waals surface area contributed by atoms with Gasteiger partial charge < -0.3 is 9.64 Å². The second-order valence-corrected chi connectivity index (χ2v) is 5.15. The van der Waals surface area contributed by atoms with Gasteiger partial charge in [-0.2, -0.15) is 4.98 Å². The highest BCUT2D eigenvalue weighted by molar-refractivity contribution is 5.59. The molecule has 0 aliphatic rings. The van der Waals surface area contributed by atoms with Crippen LogP contribution in [0, 0.1) is 12.7 Å². The van der Waals surface area contributed by atoms with E-state index in [-0.39, 0.29) is 17.9 Å². The Bertz CT molecular complexity index is 673. The number of ether oxygens (including phenoxy) is 1. The molecule has 0 radical (unpaired) electrons. The molecule has 0 N–H and O–H groups in total. The third-order valence-corrected chi connectivity index (χ3v) is 3.02. The van der Waals surface area contributed by atoms with Gasteiger partial charge in [0.2, 0.25) is 0 Å². The molecular weight excluding hydrogens is 283 g/mol. The van der Waals surface area contributed by atoms with E-state index in [0.29, 0.717) is 0 Å². The number of aryl methyl sites for hydroxylation is 1. The van der Waals surface area contributed by atoms with Gasteiger partial charge in [0, 0.05) is 14.1 Å². The molecule has 0 amide bonds. The smallest absolute Gasteiger partial charge is 0.319 e. The van der Waals surface area contributed by atoms with Gasteiger partial charge in [0.15, 0.2) is 11.6 Å². The first-order valence-electron chi connectivity index (χ1n) is 6.92. The summed E-state index contributed by atoms with van der Waals surface area (Å²) in [5.41, 5.74) is 2.15. The molecular formula is C16H19FN4O. The van der Waals surface area contributed by atoms with E-state index in [4.69, 9.17) is 4.74 Å². The van der Waals surface area contributed by atoms with E-state index in [9.17, 15) is 4.39 Å². The maximum Gasteiger partial charge on any atom is 0.319 e. The zero-order valence-electron chi connectivity index (χ0n) is 13.1. The number of nitrogens with zero attached hydrogens (tertiary/aromatic N) is 4. The molecule has 0 aliphatic carbocycles. The molecule has 0 saturated carbocycles. The molecule has 6 heteroatoms. The number of aromatic nitrogens is 2. The fraction of sp³-hybridized carbons (Fsp3) is 0.312. The highest BCUT2D eigenvalue weighted by Gasteiger charge is 2.13. The molecule has 0 fully saturated rings. The van der Waals surface area contributed by atoms with Crippen molar-refractivity contribution in [1.29, 1.82) is 0 Å². The van der Waals surface area contributed by atoms with Gasteiger partial charge in [-0.25, -0.2) is 14.4 Å². The van der Waals surface area contributed by atoms with Crippen molar-refractivity contribution in [3.05, 3.63) is 47.4 Å². The monoisotopic (exact) mass is 302 g/mol. The zero-order chi connectivity index (χ0) is 16.1. The minimum Gasteiger partial charge on any atom is -0.455 e. The summed E-state index contributed by atoms with van der Waals surface area (Å²) in [7, 11) is 3.58. The fourth-order valence-corrected chi connectivity index (χ4v) is 1.92. The molecule has 0 aliphatic heterocycles. The lowest BCUT2D eigenvalue weighted by Gasteiger charge is -2.15. The van der Waals surface area contributed by atoms with Crippen molar-refractivity contribution in [2.24, 2.45) is 4.99 Å². The van der Waals surface area contributed by atoms with Crippen LogP contribution in [0.25, 0.3) is 0 Å². The number of halogens is 1. The van der Waals surface area contributed by atoms with Crippen LogP contribution in [0.4, 0.5) is 10.2 Å². The van der Waals surface area contributed by atoms with Gasteiger partial charge in [-0.3, -0.25) is 0 Å². The number of rotatable bonds is 5. The van der Waals surface area contributed by atoms with E-state index < -0.39 is 5.82 Å². The largest absolute Gasteiger partial charge is 0.455 e. The predicted molar refractivity (Wildman–Crippen MR) is 84.1 cm³/mol. The van der Waals surface area contributed by atoms with Crippen molar-refractivity contribution in [2.45, 2.75) is 20.0 Å².